The fourth-order valence-electron chi connectivity index (χ4n) is 4.39. The smallest absolute Gasteiger partial charge is 0.268 e. The average molecular weight is 469 g/mol. The SMILES string of the molecule is O=c1c(/C(CCN2CCOCC2)=N/Nc2ccccc2)c(O)c2ccccc2n1-c1ccccc1. The molecule has 3 aromatic carbocycles. The Morgan fingerprint density at radius 2 is 1.57 bits per heavy atom. The standard InChI is InChI=1S/C28H28N4O3/c33-27-23-13-7-8-14-25(23)32(22-11-5-2-6-12-22)28(34)26(27)24(15-16-31-17-19-35-20-18-31)30-29-21-9-3-1-4-10-21/h1-14,29,33H,15-20H2/b30-24+. The largest absolute Gasteiger partial charge is 0.506 e. The lowest BCUT2D eigenvalue weighted by molar-refractivity contribution is 0.0392. The van der Waals surface area contributed by atoms with Crippen LogP contribution in [0.25, 0.3) is 16.6 Å². The van der Waals surface area contributed by atoms with Gasteiger partial charge in [0.1, 0.15) is 11.3 Å². The van der Waals surface area contributed by atoms with Crippen LogP contribution in [0.2, 0.25) is 0 Å². The minimum absolute atomic E-state index is 0.0478. The maximum absolute atomic E-state index is 14.0. The van der Waals surface area contributed by atoms with Crippen molar-refractivity contribution in [2.45, 2.75) is 6.42 Å². The van der Waals surface area contributed by atoms with Crippen LogP contribution >= 0.6 is 0 Å². The van der Waals surface area contributed by atoms with E-state index in [0.29, 0.717) is 42.8 Å². The van der Waals surface area contributed by atoms with E-state index in [2.05, 4.69) is 15.4 Å². The van der Waals surface area contributed by atoms with Crippen molar-refractivity contribution < 1.29 is 9.84 Å². The summed E-state index contributed by atoms with van der Waals surface area (Å²) in [5, 5.41) is 16.6. The van der Waals surface area contributed by atoms with E-state index in [1.807, 2.05) is 84.9 Å². The molecule has 4 aromatic rings. The molecule has 35 heavy (non-hydrogen) atoms. The molecular formula is C28H28N4O3. The fraction of sp³-hybridized carbons (Fsp3) is 0.214. The van der Waals surface area contributed by atoms with E-state index < -0.39 is 0 Å². The summed E-state index contributed by atoms with van der Waals surface area (Å²) in [6, 6.07) is 26.5. The van der Waals surface area contributed by atoms with Crippen molar-refractivity contribution in [2.24, 2.45) is 5.10 Å². The minimum atomic E-state index is -0.303. The van der Waals surface area contributed by atoms with E-state index in [9.17, 15) is 9.90 Å². The van der Waals surface area contributed by atoms with Gasteiger partial charge in [-0.2, -0.15) is 5.10 Å². The quantitative estimate of drug-likeness (QED) is 0.313. The van der Waals surface area contributed by atoms with Gasteiger partial charge in [-0.15, -0.1) is 0 Å². The zero-order chi connectivity index (χ0) is 24.0. The molecule has 0 amide bonds. The van der Waals surface area contributed by atoms with Gasteiger partial charge < -0.3 is 9.84 Å². The number of hydrogen-bond acceptors (Lipinski definition) is 6. The minimum Gasteiger partial charge on any atom is -0.506 e. The number of nitrogens with zero attached hydrogens (tertiary/aromatic N) is 3. The topological polar surface area (TPSA) is 79.1 Å². The Labute approximate surface area is 203 Å². The van der Waals surface area contributed by atoms with Crippen LogP contribution in [-0.2, 0) is 4.74 Å². The molecule has 2 N–H and O–H groups in total. The zero-order valence-corrected chi connectivity index (χ0v) is 19.4. The van der Waals surface area contributed by atoms with E-state index in [4.69, 9.17) is 4.74 Å². The predicted molar refractivity (Wildman–Crippen MR) is 140 cm³/mol. The molecule has 0 atom stereocenters. The van der Waals surface area contributed by atoms with Crippen LogP contribution in [-0.4, -0.2) is 53.1 Å². The van der Waals surface area contributed by atoms with Gasteiger partial charge in [0.15, 0.2) is 0 Å². The molecule has 1 fully saturated rings. The van der Waals surface area contributed by atoms with Gasteiger partial charge >= 0.3 is 0 Å². The third-order valence-electron chi connectivity index (χ3n) is 6.22. The number of morpholine rings is 1. The van der Waals surface area contributed by atoms with Gasteiger partial charge in [0.05, 0.1) is 30.1 Å². The maximum atomic E-state index is 14.0. The second kappa shape index (κ2) is 10.5. The number of fused-ring (bicyclic) bond motifs is 1. The molecule has 0 saturated carbocycles. The van der Waals surface area contributed by atoms with Gasteiger partial charge in [0.25, 0.3) is 5.56 Å². The Bertz CT molecular complexity index is 1380. The molecule has 0 spiro atoms. The van der Waals surface area contributed by atoms with E-state index in [1.54, 1.807) is 4.57 Å². The molecular weight excluding hydrogens is 440 g/mol. The molecule has 2 heterocycles. The van der Waals surface area contributed by atoms with Crippen LogP contribution in [0.15, 0.2) is 94.8 Å². The van der Waals surface area contributed by atoms with Crippen molar-refractivity contribution >= 4 is 22.3 Å². The van der Waals surface area contributed by atoms with E-state index in [-0.39, 0.29) is 16.9 Å². The molecule has 0 radical (unpaired) electrons. The summed E-state index contributed by atoms with van der Waals surface area (Å²) >= 11 is 0. The number of hydrogen-bond donors (Lipinski definition) is 2. The van der Waals surface area contributed by atoms with Crippen LogP contribution in [0.3, 0.4) is 0 Å². The number of aromatic nitrogens is 1. The summed E-state index contributed by atoms with van der Waals surface area (Å²) in [6.45, 7) is 3.75. The lowest BCUT2D eigenvalue weighted by Crippen LogP contribution is -2.38. The number of pyridine rings is 1. The van der Waals surface area contributed by atoms with Gasteiger partial charge in [-0.25, -0.2) is 0 Å². The fourth-order valence-corrected chi connectivity index (χ4v) is 4.39. The second-order valence-electron chi connectivity index (χ2n) is 8.46. The van der Waals surface area contributed by atoms with Gasteiger partial charge in [0, 0.05) is 37.1 Å². The summed E-state index contributed by atoms with van der Waals surface area (Å²) in [7, 11) is 0. The first-order valence-electron chi connectivity index (χ1n) is 11.8. The average Bonchev–Trinajstić information content (AvgIpc) is 2.92. The summed E-state index contributed by atoms with van der Waals surface area (Å²) in [6.07, 6.45) is 0.496. The molecule has 7 heteroatoms. The summed E-state index contributed by atoms with van der Waals surface area (Å²) in [5.41, 5.74) is 5.69. The van der Waals surface area contributed by atoms with Crippen molar-refractivity contribution in [2.75, 3.05) is 38.3 Å². The van der Waals surface area contributed by atoms with Gasteiger partial charge in [0.2, 0.25) is 0 Å². The van der Waals surface area contributed by atoms with Gasteiger partial charge in [-0.1, -0.05) is 48.5 Å². The molecule has 5 rings (SSSR count). The Morgan fingerprint density at radius 1 is 0.914 bits per heavy atom. The molecule has 1 aromatic heterocycles. The van der Waals surface area contributed by atoms with E-state index in [0.717, 1.165) is 24.5 Å². The monoisotopic (exact) mass is 468 g/mol. The van der Waals surface area contributed by atoms with Crippen LogP contribution in [0.1, 0.15) is 12.0 Å². The number of aromatic hydroxyl groups is 1. The maximum Gasteiger partial charge on any atom is 0.268 e. The normalized spacial score (nSPS) is 14.8. The molecule has 0 bridgehead atoms. The van der Waals surface area contributed by atoms with Crippen LogP contribution in [0.4, 0.5) is 5.69 Å². The Morgan fingerprint density at radius 3 is 2.31 bits per heavy atom. The number of anilines is 1. The van der Waals surface area contributed by atoms with E-state index >= 15 is 0 Å². The predicted octanol–water partition coefficient (Wildman–Crippen LogP) is 4.23. The number of rotatable bonds is 7. The van der Waals surface area contributed by atoms with Crippen LogP contribution in [0.5, 0.6) is 5.75 Å². The van der Waals surface area contributed by atoms with E-state index in [1.165, 1.54) is 0 Å². The van der Waals surface area contributed by atoms with Crippen molar-refractivity contribution in [3.63, 3.8) is 0 Å². The number of ether oxygens (including phenoxy) is 1. The molecule has 1 aliphatic heterocycles. The molecule has 178 valence electrons. The van der Waals surface area contributed by atoms with Gasteiger partial charge in [-0.3, -0.25) is 19.7 Å². The first-order chi connectivity index (χ1) is 17.2. The van der Waals surface area contributed by atoms with Crippen molar-refractivity contribution in [1.82, 2.24) is 9.47 Å². The number of nitrogens with one attached hydrogen (secondary N) is 1. The highest BCUT2D eigenvalue weighted by Crippen LogP contribution is 2.29. The Kier molecular flexibility index (Phi) is 6.88. The van der Waals surface area contributed by atoms with Crippen LogP contribution in [0, 0.1) is 0 Å². The third kappa shape index (κ3) is 4.96. The van der Waals surface area contributed by atoms with Crippen molar-refractivity contribution in [3.05, 3.63) is 101 Å². The second-order valence-corrected chi connectivity index (χ2v) is 8.46. The lowest BCUT2D eigenvalue weighted by atomic mass is 10.0. The number of para-hydroxylation sites is 3. The Hall–Kier alpha value is -3.94. The molecule has 1 saturated heterocycles. The van der Waals surface area contributed by atoms with Crippen molar-refractivity contribution in [1.29, 1.82) is 0 Å². The van der Waals surface area contributed by atoms with Crippen LogP contribution < -0.4 is 11.0 Å². The molecule has 0 aliphatic carbocycles. The highest BCUT2D eigenvalue weighted by Gasteiger charge is 2.22. The summed E-state index contributed by atoms with van der Waals surface area (Å²) in [5.74, 6) is -0.0478. The zero-order valence-electron chi connectivity index (χ0n) is 19.4. The molecule has 1 aliphatic rings. The third-order valence-corrected chi connectivity index (χ3v) is 6.22. The number of hydrazone groups is 1. The highest BCUT2D eigenvalue weighted by molar-refractivity contribution is 6.07. The lowest BCUT2D eigenvalue weighted by Gasteiger charge is -2.26. The Balaban J connectivity index is 1.64. The van der Waals surface area contributed by atoms with Crippen molar-refractivity contribution in [3.8, 4) is 11.4 Å². The molecule has 0 unspecified atom stereocenters. The number of benzene rings is 3. The first kappa shape index (κ1) is 22.8. The summed E-state index contributed by atoms with van der Waals surface area (Å²) in [4.78, 5) is 16.3. The summed E-state index contributed by atoms with van der Waals surface area (Å²) < 4.78 is 7.12. The first-order valence-corrected chi connectivity index (χ1v) is 11.8. The molecule has 7 nitrogen and oxygen atoms in total. The van der Waals surface area contributed by atoms with Gasteiger partial charge in [-0.05, 0) is 36.4 Å². The highest BCUT2D eigenvalue weighted by atomic mass is 16.5.